The van der Waals surface area contributed by atoms with Gasteiger partial charge in [-0.3, -0.25) is 0 Å². The molecule has 0 aliphatic carbocycles. The van der Waals surface area contributed by atoms with Crippen LogP contribution in [0.5, 0.6) is 0 Å². The van der Waals surface area contributed by atoms with Crippen LogP contribution in [0.2, 0.25) is 0 Å². The Hall–Kier alpha value is -1.69. The van der Waals surface area contributed by atoms with Gasteiger partial charge in [-0.1, -0.05) is 0 Å². The second kappa shape index (κ2) is 5.52. The van der Waals surface area contributed by atoms with Crippen LogP contribution in [-0.4, -0.2) is 41.2 Å². The van der Waals surface area contributed by atoms with Gasteiger partial charge in [0.15, 0.2) is 0 Å². The molecule has 1 saturated heterocycles. The summed E-state index contributed by atoms with van der Waals surface area (Å²) in [5.41, 5.74) is 1.02. The highest BCUT2D eigenvalue weighted by atomic mass is 16.5. The Morgan fingerprint density at radius 3 is 3.00 bits per heavy atom. The standard InChI is InChI=1S/C13H20N4O2/c1-4-19-11(18)10-7-15-12(16-9(10)2)17-13(3)5-6-14-8-13/h7,14H,4-6,8H2,1-3H3,(H,15,16,17). The lowest BCUT2D eigenvalue weighted by molar-refractivity contribution is 0.0524. The predicted octanol–water partition coefficient (Wildman–Crippen LogP) is 1.13. The van der Waals surface area contributed by atoms with Gasteiger partial charge in [-0.05, 0) is 33.7 Å². The summed E-state index contributed by atoms with van der Waals surface area (Å²) in [4.78, 5) is 20.2. The van der Waals surface area contributed by atoms with Gasteiger partial charge in [0, 0.05) is 12.7 Å². The summed E-state index contributed by atoms with van der Waals surface area (Å²) in [5.74, 6) is 0.178. The Morgan fingerprint density at radius 1 is 1.63 bits per heavy atom. The van der Waals surface area contributed by atoms with Gasteiger partial charge in [0.1, 0.15) is 0 Å². The van der Waals surface area contributed by atoms with Gasteiger partial charge in [-0.2, -0.15) is 0 Å². The number of carbonyl (C=O) groups excluding carboxylic acids is 1. The van der Waals surface area contributed by atoms with Crippen molar-refractivity contribution in [3.05, 3.63) is 17.5 Å². The minimum absolute atomic E-state index is 0.0299. The van der Waals surface area contributed by atoms with E-state index < -0.39 is 0 Å². The van der Waals surface area contributed by atoms with Gasteiger partial charge < -0.3 is 15.4 Å². The van der Waals surface area contributed by atoms with Crippen molar-refractivity contribution in [1.29, 1.82) is 0 Å². The Morgan fingerprint density at radius 2 is 2.42 bits per heavy atom. The molecule has 1 aliphatic rings. The average molecular weight is 264 g/mol. The number of hydrogen-bond acceptors (Lipinski definition) is 6. The summed E-state index contributed by atoms with van der Waals surface area (Å²) in [6.07, 6.45) is 2.55. The van der Waals surface area contributed by atoms with Crippen LogP contribution in [-0.2, 0) is 4.74 Å². The molecule has 1 aliphatic heterocycles. The number of anilines is 1. The van der Waals surface area contributed by atoms with Crippen LogP contribution in [0.1, 0.15) is 36.3 Å². The molecule has 1 unspecified atom stereocenters. The Labute approximate surface area is 113 Å². The van der Waals surface area contributed by atoms with E-state index >= 15 is 0 Å². The summed E-state index contributed by atoms with van der Waals surface area (Å²) >= 11 is 0. The number of nitrogens with one attached hydrogen (secondary N) is 2. The average Bonchev–Trinajstić information content (AvgIpc) is 2.76. The number of carbonyl (C=O) groups is 1. The van der Waals surface area contributed by atoms with Gasteiger partial charge in [0.05, 0.1) is 23.4 Å². The third-order valence-electron chi connectivity index (χ3n) is 3.26. The highest BCUT2D eigenvalue weighted by molar-refractivity contribution is 5.90. The highest BCUT2D eigenvalue weighted by Crippen LogP contribution is 2.19. The van der Waals surface area contributed by atoms with Crippen molar-refractivity contribution < 1.29 is 9.53 Å². The van der Waals surface area contributed by atoms with Crippen molar-refractivity contribution in [2.75, 3.05) is 25.0 Å². The fourth-order valence-electron chi connectivity index (χ4n) is 2.13. The molecule has 104 valence electrons. The summed E-state index contributed by atoms with van der Waals surface area (Å²) in [6, 6.07) is 0. The van der Waals surface area contributed by atoms with Crippen LogP contribution in [0.25, 0.3) is 0 Å². The van der Waals surface area contributed by atoms with Gasteiger partial charge in [0.25, 0.3) is 0 Å². The Balaban J connectivity index is 2.12. The molecule has 1 aromatic rings. The normalized spacial score (nSPS) is 22.3. The van der Waals surface area contributed by atoms with Crippen molar-refractivity contribution in [3.63, 3.8) is 0 Å². The van der Waals surface area contributed by atoms with Crippen molar-refractivity contribution in [2.24, 2.45) is 0 Å². The molecule has 6 nitrogen and oxygen atoms in total. The number of rotatable bonds is 4. The molecule has 19 heavy (non-hydrogen) atoms. The molecular formula is C13H20N4O2. The van der Waals surface area contributed by atoms with Crippen LogP contribution in [0.3, 0.4) is 0 Å². The highest BCUT2D eigenvalue weighted by Gasteiger charge is 2.29. The zero-order chi connectivity index (χ0) is 13.9. The lowest BCUT2D eigenvalue weighted by Gasteiger charge is -2.24. The van der Waals surface area contributed by atoms with E-state index in [-0.39, 0.29) is 11.5 Å². The largest absolute Gasteiger partial charge is 0.462 e. The Bertz CT molecular complexity index is 470. The zero-order valence-corrected chi connectivity index (χ0v) is 11.6. The second-order valence-corrected chi connectivity index (χ2v) is 5.03. The Kier molecular flexibility index (Phi) is 3.99. The fraction of sp³-hybridized carbons (Fsp3) is 0.615. The van der Waals surface area contributed by atoms with E-state index in [0.29, 0.717) is 23.8 Å². The first-order valence-corrected chi connectivity index (χ1v) is 6.54. The van der Waals surface area contributed by atoms with Gasteiger partial charge in [0.2, 0.25) is 5.95 Å². The van der Waals surface area contributed by atoms with Crippen molar-refractivity contribution in [1.82, 2.24) is 15.3 Å². The van der Waals surface area contributed by atoms with Crippen LogP contribution in [0.4, 0.5) is 5.95 Å². The van der Waals surface area contributed by atoms with Crippen LogP contribution >= 0.6 is 0 Å². The molecule has 0 amide bonds. The molecule has 0 aromatic carbocycles. The second-order valence-electron chi connectivity index (χ2n) is 5.03. The number of nitrogens with zero attached hydrogens (tertiary/aromatic N) is 2. The number of hydrogen-bond donors (Lipinski definition) is 2. The summed E-state index contributed by atoms with van der Waals surface area (Å²) in [5, 5.41) is 6.62. The summed E-state index contributed by atoms with van der Waals surface area (Å²) < 4.78 is 4.95. The summed E-state index contributed by atoms with van der Waals surface area (Å²) in [6.45, 7) is 7.91. The number of aryl methyl sites for hydroxylation is 1. The minimum atomic E-state index is -0.375. The maximum atomic E-state index is 11.7. The minimum Gasteiger partial charge on any atom is -0.462 e. The molecule has 1 fully saturated rings. The lowest BCUT2D eigenvalue weighted by atomic mass is 10.0. The topological polar surface area (TPSA) is 76.1 Å². The monoisotopic (exact) mass is 264 g/mol. The molecule has 2 heterocycles. The first-order chi connectivity index (χ1) is 9.04. The lowest BCUT2D eigenvalue weighted by Crippen LogP contribution is -2.37. The predicted molar refractivity (Wildman–Crippen MR) is 72.2 cm³/mol. The van der Waals surface area contributed by atoms with Crippen LogP contribution in [0, 0.1) is 6.92 Å². The molecule has 2 N–H and O–H groups in total. The molecule has 6 heteroatoms. The smallest absolute Gasteiger partial charge is 0.341 e. The van der Waals surface area contributed by atoms with Crippen molar-refractivity contribution >= 4 is 11.9 Å². The van der Waals surface area contributed by atoms with E-state index in [2.05, 4.69) is 27.5 Å². The van der Waals surface area contributed by atoms with Crippen molar-refractivity contribution in [2.45, 2.75) is 32.7 Å². The number of esters is 1. The van der Waals surface area contributed by atoms with Gasteiger partial charge in [-0.25, -0.2) is 14.8 Å². The van der Waals surface area contributed by atoms with E-state index in [1.54, 1.807) is 13.8 Å². The molecule has 0 spiro atoms. The van der Waals surface area contributed by atoms with E-state index in [1.165, 1.54) is 6.20 Å². The quantitative estimate of drug-likeness (QED) is 0.794. The number of aromatic nitrogens is 2. The fourth-order valence-corrected chi connectivity index (χ4v) is 2.13. The third-order valence-corrected chi connectivity index (χ3v) is 3.26. The maximum Gasteiger partial charge on any atom is 0.341 e. The van der Waals surface area contributed by atoms with E-state index in [9.17, 15) is 4.79 Å². The maximum absolute atomic E-state index is 11.7. The molecule has 0 bridgehead atoms. The molecular weight excluding hydrogens is 244 g/mol. The molecule has 0 saturated carbocycles. The first kappa shape index (κ1) is 13.7. The third kappa shape index (κ3) is 3.20. The molecule has 1 aromatic heterocycles. The van der Waals surface area contributed by atoms with Gasteiger partial charge in [-0.15, -0.1) is 0 Å². The summed E-state index contributed by atoms with van der Waals surface area (Å²) in [7, 11) is 0. The van der Waals surface area contributed by atoms with E-state index in [4.69, 9.17) is 4.74 Å². The van der Waals surface area contributed by atoms with Crippen LogP contribution < -0.4 is 10.6 Å². The zero-order valence-electron chi connectivity index (χ0n) is 11.6. The van der Waals surface area contributed by atoms with Crippen molar-refractivity contribution in [3.8, 4) is 0 Å². The number of ether oxygens (including phenoxy) is 1. The molecule has 2 rings (SSSR count). The van der Waals surface area contributed by atoms with Crippen LogP contribution in [0.15, 0.2) is 6.20 Å². The van der Waals surface area contributed by atoms with Gasteiger partial charge >= 0.3 is 5.97 Å². The first-order valence-electron chi connectivity index (χ1n) is 6.54. The molecule has 0 radical (unpaired) electrons. The van der Waals surface area contributed by atoms with E-state index in [1.807, 2.05) is 0 Å². The molecule has 1 atom stereocenters. The SMILES string of the molecule is CCOC(=O)c1cnc(NC2(C)CCNC2)nc1C. The van der Waals surface area contributed by atoms with E-state index in [0.717, 1.165) is 19.5 Å².